The van der Waals surface area contributed by atoms with Crippen LogP contribution in [-0.4, -0.2) is 27.3 Å². The summed E-state index contributed by atoms with van der Waals surface area (Å²) in [6.45, 7) is 0. The molecule has 3 rings (SSSR count). The van der Waals surface area contributed by atoms with Crippen molar-refractivity contribution in [2.75, 3.05) is 0 Å². The standard InChI is InChI=1S/C13H13F3O6S2/c14-13(15,16)24(19,20)22-9-4-5-11-10(8-9)21-12(23(11,17)18)6-2-1-3-7-12/h4-5,8H,1-3,6-7H2. The maximum absolute atomic E-state index is 12.7. The minimum atomic E-state index is -5.84. The fourth-order valence-corrected chi connectivity index (χ4v) is 5.42. The van der Waals surface area contributed by atoms with Gasteiger partial charge in [-0.1, -0.05) is 6.42 Å². The van der Waals surface area contributed by atoms with E-state index in [1.807, 2.05) is 0 Å². The van der Waals surface area contributed by atoms with Crippen molar-refractivity contribution in [3.05, 3.63) is 18.2 Å². The molecule has 1 aliphatic carbocycles. The topological polar surface area (TPSA) is 86.7 Å². The zero-order valence-electron chi connectivity index (χ0n) is 12.2. The molecule has 0 saturated heterocycles. The summed E-state index contributed by atoms with van der Waals surface area (Å²) >= 11 is 0. The van der Waals surface area contributed by atoms with E-state index in [0.717, 1.165) is 24.6 Å². The lowest BCUT2D eigenvalue weighted by molar-refractivity contribution is -0.0500. The van der Waals surface area contributed by atoms with Crippen LogP contribution < -0.4 is 8.92 Å². The van der Waals surface area contributed by atoms with Crippen LogP contribution in [0.4, 0.5) is 13.2 Å². The quantitative estimate of drug-likeness (QED) is 0.574. The zero-order valence-corrected chi connectivity index (χ0v) is 13.8. The summed E-state index contributed by atoms with van der Waals surface area (Å²) in [6.07, 6.45) is 2.73. The van der Waals surface area contributed by atoms with E-state index in [9.17, 15) is 30.0 Å². The molecule has 0 amide bonds. The van der Waals surface area contributed by atoms with E-state index >= 15 is 0 Å². The van der Waals surface area contributed by atoms with Gasteiger partial charge in [0.15, 0.2) is 0 Å². The number of benzene rings is 1. The highest BCUT2D eigenvalue weighted by molar-refractivity contribution is 7.93. The van der Waals surface area contributed by atoms with Gasteiger partial charge < -0.3 is 8.92 Å². The highest BCUT2D eigenvalue weighted by Gasteiger charge is 2.54. The van der Waals surface area contributed by atoms with E-state index in [4.69, 9.17) is 4.74 Å². The summed E-state index contributed by atoms with van der Waals surface area (Å²) in [5, 5.41) is 0. The predicted molar refractivity (Wildman–Crippen MR) is 75.7 cm³/mol. The Labute approximate surface area is 136 Å². The van der Waals surface area contributed by atoms with Gasteiger partial charge in [-0.05, 0) is 25.0 Å². The van der Waals surface area contributed by atoms with Crippen LogP contribution in [0.1, 0.15) is 32.1 Å². The second-order valence-corrected chi connectivity index (χ2v) is 9.40. The molecule has 0 aromatic heterocycles. The first-order valence-corrected chi connectivity index (χ1v) is 9.96. The molecular weight excluding hydrogens is 373 g/mol. The number of hydrogen-bond acceptors (Lipinski definition) is 6. The second kappa shape index (κ2) is 5.25. The third kappa shape index (κ3) is 2.53. The zero-order chi connectivity index (χ0) is 17.8. The lowest BCUT2D eigenvalue weighted by Crippen LogP contribution is -2.41. The van der Waals surface area contributed by atoms with Gasteiger partial charge in [0.05, 0.1) is 0 Å². The van der Waals surface area contributed by atoms with Gasteiger partial charge in [0.1, 0.15) is 16.4 Å². The van der Waals surface area contributed by atoms with Gasteiger partial charge in [0, 0.05) is 18.9 Å². The molecule has 1 saturated carbocycles. The summed E-state index contributed by atoms with van der Waals surface area (Å²) in [5.74, 6) is -0.846. The first kappa shape index (κ1) is 17.3. The number of ether oxygens (including phenoxy) is 1. The van der Waals surface area contributed by atoms with Crippen molar-refractivity contribution in [3.63, 3.8) is 0 Å². The Balaban J connectivity index is 1.97. The lowest BCUT2D eigenvalue weighted by Gasteiger charge is -2.31. The molecule has 1 fully saturated rings. The maximum Gasteiger partial charge on any atom is 0.534 e. The van der Waals surface area contributed by atoms with Crippen LogP contribution >= 0.6 is 0 Å². The smallest absolute Gasteiger partial charge is 0.470 e. The number of sulfone groups is 1. The fourth-order valence-electron chi connectivity index (χ4n) is 2.93. The molecule has 0 unspecified atom stereocenters. The van der Waals surface area contributed by atoms with Crippen LogP contribution in [0, 0.1) is 0 Å². The van der Waals surface area contributed by atoms with Gasteiger partial charge in [-0.3, -0.25) is 0 Å². The van der Waals surface area contributed by atoms with Gasteiger partial charge in [-0.2, -0.15) is 21.6 Å². The van der Waals surface area contributed by atoms with Crippen molar-refractivity contribution >= 4 is 20.0 Å². The van der Waals surface area contributed by atoms with Gasteiger partial charge in [0.2, 0.25) is 14.8 Å². The average molecular weight is 386 g/mol. The molecule has 0 bridgehead atoms. The van der Waals surface area contributed by atoms with Crippen LogP contribution in [-0.2, 0) is 20.0 Å². The molecule has 1 spiro atoms. The van der Waals surface area contributed by atoms with E-state index in [-0.39, 0.29) is 23.5 Å². The molecular formula is C13H13F3O6S2. The summed E-state index contributed by atoms with van der Waals surface area (Å²) in [4.78, 5) is -1.59. The van der Waals surface area contributed by atoms with Gasteiger partial charge in [-0.25, -0.2) is 8.42 Å². The maximum atomic E-state index is 12.7. The SMILES string of the molecule is O=S(=O)(Oc1ccc2c(c1)OC1(CCCCC1)S2(=O)=O)C(F)(F)F. The molecule has 24 heavy (non-hydrogen) atoms. The lowest BCUT2D eigenvalue weighted by atomic mass is 9.97. The summed E-state index contributed by atoms with van der Waals surface area (Å²) in [6, 6.07) is 2.74. The van der Waals surface area contributed by atoms with Crippen LogP contribution in [0.5, 0.6) is 11.5 Å². The predicted octanol–water partition coefficient (Wildman–Crippen LogP) is 2.74. The summed E-state index contributed by atoms with van der Waals surface area (Å²) in [7, 11) is -9.64. The molecule has 6 nitrogen and oxygen atoms in total. The molecule has 1 aromatic rings. The molecule has 2 aliphatic rings. The molecule has 0 atom stereocenters. The third-order valence-electron chi connectivity index (χ3n) is 4.10. The first-order chi connectivity index (χ1) is 11.0. The summed E-state index contributed by atoms with van der Waals surface area (Å²) in [5.41, 5.74) is -5.58. The van der Waals surface area contributed by atoms with Crippen LogP contribution in [0.15, 0.2) is 23.1 Å². The van der Waals surface area contributed by atoms with E-state index < -0.39 is 36.1 Å². The highest BCUT2D eigenvalue weighted by atomic mass is 32.2. The van der Waals surface area contributed by atoms with Crippen LogP contribution in [0.25, 0.3) is 0 Å². The number of fused-ring (bicyclic) bond motifs is 1. The molecule has 1 heterocycles. The molecule has 11 heteroatoms. The number of alkyl halides is 3. The van der Waals surface area contributed by atoms with Crippen LogP contribution in [0.2, 0.25) is 0 Å². The van der Waals surface area contributed by atoms with Crippen molar-refractivity contribution in [3.8, 4) is 11.5 Å². The Morgan fingerprint density at radius 2 is 1.75 bits per heavy atom. The van der Waals surface area contributed by atoms with E-state index in [0.29, 0.717) is 12.8 Å². The first-order valence-electron chi connectivity index (χ1n) is 7.07. The average Bonchev–Trinajstić information content (AvgIpc) is 2.65. The Kier molecular flexibility index (Phi) is 3.79. The Morgan fingerprint density at radius 3 is 2.33 bits per heavy atom. The van der Waals surface area contributed by atoms with Crippen molar-refractivity contribution < 1.29 is 38.9 Å². The summed E-state index contributed by atoms with van der Waals surface area (Å²) < 4.78 is 94.0. The van der Waals surface area contributed by atoms with E-state index in [1.165, 1.54) is 0 Å². The van der Waals surface area contributed by atoms with Gasteiger partial charge in [0.25, 0.3) is 0 Å². The van der Waals surface area contributed by atoms with Crippen molar-refractivity contribution in [1.82, 2.24) is 0 Å². The Morgan fingerprint density at radius 1 is 1.12 bits per heavy atom. The number of rotatable bonds is 2. The van der Waals surface area contributed by atoms with E-state index in [1.54, 1.807) is 0 Å². The molecule has 1 aliphatic heterocycles. The van der Waals surface area contributed by atoms with Crippen molar-refractivity contribution in [1.29, 1.82) is 0 Å². The minimum absolute atomic E-state index is 0.166. The van der Waals surface area contributed by atoms with E-state index in [2.05, 4.69) is 4.18 Å². The monoisotopic (exact) mass is 386 g/mol. The highest BCUT2D eigenvalue weighted by Crippen LogP contribution is 2.50. The Hall–Kier alpha value is -1.49. The van der Waals surface area contributed by atoms with Crippen molar-refractivity contribution in [2.24, 2.45) is 0 Å². The van der Waals surface area contributed by atoms with Gasteiger partial charge in [-0.15, -0.1) is 0 Å². The van der Waals surface area contributed by atoms with Crippen molar-refractivity contribution in [2.45, 2.75) is 47.4 Å². The molecule has 1 aromatic carbocycles. The molecule has 0 N–H and O–H groups in total. The normalized spacial score (nSPS) is 22.0. The van der Waals surface area contributed by atoms with Gasteiger partial charge >= 0.3 is 15.6 Å². The second-order valence-electron chi connectivity index (χ2n) is 5.67. The van der Waals surface area contributed by atoms with Crippen LogP contribution in [0.3, 0.4) is 0 Å². The largest absolute Gasteiger partial charge is 0.534 e. The minimum Gasteiger partial charge on any atom is -0.470 e. The number of hydrogen-bond donors (Lipinski definition) is 0. The fraction of sp³-hybridized carbons (Fsp3) is 0.538. The molecule has 134 valence electrons. The molecule has 0 radical (unpaired) electrons. The number of halogens is 3. The Bertz CT molecular complexity index is 867. The third-order valence-corrected chi connectivity index (χ3v) is 7.46.